The van der Waals surface area contributed by atoms with Gasteiger partial charge in [-0.05, 0) is 41.8 Å². The van der Waals surface area contributed by atoms with Gasteiger partial charge in [0.2, 0.25) is 0 Å². The molecule has 26 heavy (non-hydrogen) atoms. The smallest absolute Gasteiger partial charge is 0.256 e. The summed E-state index contributed by atoms with van der Waals surface area (Å²) in [6, 6.07) is 9.81. The standard InChI is InChI=1S/C18H14F3N5/c1-10(2)11-5-12(15-4-3-14(9-23-15)18(19,20)21)7-13(6-11)17-16(8-22)24-26-25-17/h3-7,9-10H,1-2H3,(H,24,25,26). The number of rotatable bonds is 3. The summed E-state index contributed by atoms with van der Waals surface area (Å²) in [5, 5.41) is 19.3. The van der Waals surface area contributed by atoms with Crippen LogP contribution >= 0.6 is 0 Å². The Morgan fingerprint density at radius 1 is 1.12 bits per heavy atom. The maximum absolute atomic E-state index is 12.7. The molecular formula is C18H14F3N5. The molecule has 0 radical (unpaired) electrons. The summed E-state index contributed by atoms with van der Waals surface area (Å²) in [4.78, 5) is 3.95. The van der Waals surface area contributed by atoms with Crippen molar-refractivity contribution in [3.05, 3.63) is 53.3 Å². The van der Waals surface area contributed by atoms with Gasteiger partial charge in [-0.15, -0.1) is 5.10 Å². The third-order valence-electron chi connectivity index (χ3n) is 3.94. The van der Waals surface area contributed by atoms with Crippen LogP contribution in [0.4, 0.5) is 13.2 Å². The Hall–Kier alpha value is -3.21. The average Bonchev–Trinajstić information content (AvgIpc) is 3.09. The molecular weight excluding hydrogens is 343 g/mol. The number of benzene rings is 1. The molecule has 0 aliphatic carbocycles. The molecule has 0 aliphatic heterocycles. The minimum Gasteiger partial charge on any atom is -0.256 e. The number of alkyl halides is 3. The van der Waals surface area contributed by atoms with Crippen LogP contribution in [0, 0.1) is 11.3 Å². The van der Waals surface area contributed by atoms with Crippen molar-refractivity contribution in [2.24, 2.45) is 0 Å². The van der Waals surface area contributed by atoms with Crippen molar-refractivity contribution >= 4 is 0 Å². The second kappa shape index (κ2) is 6.59. The number of hydrogen-bond acceptors (Lipinski definition) is 4. The highest BCUT2D eigenvalue weighted by Gasteiger charge is 2.30. The third-order valence-corrected chi connectivity index (χ3v) is 3.94. The van der Waals surface area contributed by atoms with Gasteiger partial charge in [0.1, 0.15) is 11.8 Å². The van der Waals surface area contributed by atoms with Crippen LogP contribution < -0.4 is 0 Å². The largest absolute Gasteiger partial charge is 0.417 e. The fraction of sp³-hybridized carbons (Fsp3) is 0.222. The first-order valence-corrected chi connectivity index (χ1v) is 7.79. The molecule has 2 heterocycles. The zero-order chi connectivity index (χ0) is 18.9. The number of nitrogens with one attached hydrogen (secondary N) is 1. The summed E-state index contributed by atoms with van der Waals surface area (Å²) in [5.74, 6) is 0.167. The molecule has 1 N–H and O–H groups in total. The van der Waals surface area contributed by atoms with Crippen LogP contribution in [0.2, 0.25) is 0 Å². The third kappa shape index (κ3) is 3.42. The van der Waals surface area contributed by atoms with Crippen molar-refractivity contribution in [3.63, 3.8) is 0 Å². The Balaban J connectivity index is 2.11. The summed E-state index contributed by atoms with van der Waals surface area (Å²) < 4.78 is 38.2. The molecule has 2 aromatic heterocycles. The number of aromatic amines is 1. The topological polar surface area (TPSA) is 78.2 Å². The van der Waals surface area contributed by atoms with Crippen molar-refractivity contribution in [2.75, 3.05) is 0 Å². The van der Waals surface area contributed by atoms with Gasteiger partial charge in [-0.25, -0.2) is 5.10 Å². The molecule has 0 bridgehead atoms. The van der Waals surface area contributed by atoms with Gasteiger partial charge >= 0.3 is 6.18 Å². The predicted octanol–water partition coefficient (Wildman–Crippen LogP) is 4.55. The first kappa shape index (κ1) is 17.6. The number of aromatic nitrogens is 4. The highest BCUT2D eigenvalue weighted by atomic mass is 19.4. The Kier molecular flexibility index (Phi) is 4.47. The van der Waals surface area contributed by atoms with E-state index >= 15 is 0 Å². The van der Waals surface area contributed by atoms with E-state index < -0.39 is 11.7 Å². The molecule has 3 aromatic rings. The van der Waals surface area contributed by atoms with Crippen LogP contribution in [-0.2, 0) is 6.18 Å². The fourth-order valence-corrected chi connectivity index (χ4v) is 2.51. The maximum atomic E-state index is 12.7. The number of pyridine rings is 1. The summed E-state index contributed by atoms with van der Waals surface area (Å²) in [7, 11) is 0. The van der Waals surface area contributed by atoms with Crippen molar-refractivity contribution in [3.8, 4) is 28.6 Å². The van der Waals surface area contributed by atoms with E-state index in [1.807, 2.05) is 32.0 Å². The van der Waals surface area contributed by atoms with E-state index in [1.54, 1.807) is 6.07 Å². The van der Waals surface area contributed by atoms with Crippen molar-refractivity contribution in [1.29, 1.82) is 5.26 Å². The molecule has 1 aromatic carbocycles. The van der Waals surface area contributed by atoms with Crippen LogP contribution in [0.3, 0.4) is 0 Å². The van der Waals surface area contributed by atoms with Crippen LogP contribution in [0.25, 0.3) is 22.5 Å². The molecule has 0 atom stereocenters. The van der Waals surface area contributed by atoms with Crippen molar-refractivity contribution in [1.82, 2.24) is 20.4 Å². The van der Waals surface area contributed by atoms with Gasteiger partial charge < -0.3 is 0 Å². The zero-order valence-electron chi connectivity index (χ0n) is 14.0. The van der Waals surface area contributed by atoms with Gasteiger partial charge in [-0.3, -0.25) is 4.98 Å². The summed E-state index contributed by atoms with van der Waals surface area (Å²) in [6.07, 6.45) is -3.62. The highest BCUT2D eigenvalue weighted by Crippen LogP contribution is 2.32. The van der Waals surface area contributed by atoms with E-state index in [9.17, 15) is 13.2 Å². The Bertz CT molecular complexity index is 966. The molecule has 132 valence electrons. The van der Waals surface area contributed by atoms with Gasteiger partial charge in [0.25, 0.3) is 0 Å². The van der Waals surface area contributed by atoms with Gasteiger partial charge in [0.15, 0.2) is 5.69 Å². The Morgan fingerprint density at radius 3 is 2.42 bits per heavy atom. The van der Waals surface area contributed by atoms with E-state index in [0.29, 0.717) is 22.5 Å². The lowest BCUT2D eigenvalue weighted by Crippen LogP contribution is -2.05. The highest BCUT2D eigenvalue weighted by molar-refractivity contribution is 5.73. The summed E-state index contributed by atoms with van der Waals surface area (Å²) >= 11 is 0. The molecule has 0 amide bonds. The van der Waals surface area contributed by atoms with Crippen LogP contribution in [0.1, 0.15) is 36.6 Å². The Morgan fingerprint density at radius 2 is 1.85 bits per heavy atom. The first-order valence-electron chi connectivity index (χ1n) is 7.79. The lowest BCUT2D eigenvalue weighted by molar-refractivity contribution is -0.137. The monoisotopic (exact) mass is 357 g/mol. The second-order valence-electron chi connectivity index (χ2n) is 6.08. The molecule has 0 saturated carbocycles. The number of hydrogen-bond donors (Lipinski definition) is 1. The number of nitriles is 1. The molecule has 3 rings (SSSR count). The van der Waals surface area contributed by atoms with E-state index in [4.69, 9.17) is 5.26 Å². The van der Waals surface area contributed by atoms with Gasteiger partial charge in [-0.1, -0.05) is 19.1 Å². The number of halogens is 3. The minimum atomic E-state index is -4.43. The minimum absolute atomic E-state index is 0.167. The quantitative estimate of drug-likeness (QED) is 0.746. The van der Waals surface area contributed by atoms with Crippen molar-refractivity contribution in [2.45, 2.75) is 25.9 Å². The molecule has 0 saturated heterocycles. The fourth-order valence-electron chi connectivity index (χ4n) is 2.51. The molecule has 5 nitrogen and oxygen atoms in total. The molecule has 8 heteroatoms. The zero-order valence-corrected chi connectivity index (χ0v) is 14.0. The van der Waals surface area contributed by atoms with E-state index in [1.165, 1.54) is 6.07 Å². The number of nitrogens with zero attached hydrogens (tertiary/aromatic N) is 4. The van der Waals surface area contributed by atoms with Crippen molar-refractivity contribution < 1.29 is 13.2 Å². The first-order chi connectivity index (χ1) is 12.3. The molecule has 0 aliphatic rings. The van der Waals surface area contributed by atoms with Crippen LogP contribution in [0.15, 0.2) is 36.5 Å². The maximum Gasteiger partial charge on any atom is 0.417 e. The number of H-pyrrole nitrogens is 1. The van der Waals surface area contributed by atoms with Gasteiger partial charge in [-0.2, -0.15) is 18.4 Å². The predicted molar refractivity (Wildman–Crippen MR) is 88.9 cm³/mol. The average molecular weight is 357 g/mol. The van der Waals surface area contributed by atoms with E-state index in [-0.39, 0.29) is 11.6 Å². The lowest BCUT2D eigenvalue weighted by Gasteiger charge is -2.12. The molecule has 0 fully saturated rings. The van der Waals surface area contributed by atoms with Crippen LogP contribution in [0.5, 0.6) is 0 Å². The van der Waals surface area contributed by atoms with Gasteiger partial charge in [0.05, 0.1) is 11.3 Å². The summed E-state index contributed by atoms with van der Waals surface area (Å²) in [6.45, 7) is 3.99. The SMILES string of the molecule is CC(C)c1cc(-c2ccc(C(F)(F)F)cn2)cc(-c2nn[nH]c2C#N)c1. The Labute approximate surface area is 147 Å². The molecule has 0 unspecified atom stereocenters. The molecule has 0 spiro atoms. The van der Waals surface area contributed by atoms with E-state index in [2.05, 4.69) is 20.4 Å². The normalized spacial score (nSPS) is 11.6. The van der Waals surface area contributed by atoms with Gasteiger partial charge in [0, 0.05) is 17.3 Å². The lowest BCUT2D eigenvalue weighted by atomic mass is 9.94. The van der Waals surface area contributed by atoms with Crippen LogP contribution in [-0.4, -0.2) is 20.4 Å². The summed E-state index contributed by atoms with van der Waals surface area (Å²) in [5.41, 5.74) is 2.46. The second-order valence-corrected chi connectivity index (χ2v) is 6.08. The van der Waals surface area contributed by atoms with E-state index in [0.717, 1.165) is 17.8 Å².